The van der Waals surface area contributed by atoms with Gasteiger partial charge in [-0.2, -0.15) is 0 Å². The molecule has 1 N–H and O–H groups in total. The molecule has 1 aromatic carbocycles. The second-order valence-corrected chi connectivity index (χ2v) is 4.64. The molecule has 1 fully saturated rings. The molecule has 0 amide bonds. The number of nitrogens with one attached hydrogen (secondary N) is 1. The van der Waals surface area contributed by atoms with Crippen LogP contribution in [0.4, 0.5) is 0 Å². The third-order valence-corrected chi connectivity index (χ3v) is 2.73. The number of benzene rings is 1. The molecule has 1 atom stereocenters. The van der Waals surface area contributed by atoms with Crippen molar-refractivity contribution in [2.75, 3.05) is 19.8 Å². The van der Waals surface area contributed by atoms with E-state index < -0.39 is 0 Å². The Kier molecular flexibility index (Phi) is 4.33. The quantitative estimate of drug-likeness (QED) is 0.824. The Hall–Kier alpha value is -1.39. The first kappa shape index (κ1) is 13.1. The molecule has 2 rings (SSSR count). The smallest absolute Gasteiger partial charge is 0.182 e. The van der Waals surface area contributed by atoms with Crippen molar-refractivity contribution in [2.24, 2.45) is 0 Å². The molecule has 98 valence electrons. The van der Waals surface area contributed by atoms with E-state index in [1.807, 2.05) is 32.0 Å². The summed E-state index contributed by atoms with van der Waals surface area (Å²) in [6.07, 6.45) is 0.103. The van der Waals surface area contributed by atoms with Gasteiger partial charge < -0.3 is 14.8 Å². The molecule has 18 heavy (non-hydrogen) atoms. The van der Waals surface area contributed by atoms with Gasteiger partial charge in [0.2, 0.25) is 0 Å². The molecule has 0 bridgehead atoms. The molecular weight excluding hydrogens is 230 g/mol. The van der Waals surface area contributed by atoms with E-state index in [2.05, 4.69) is 5.32 Å². The minimum absolute atomic E-state index is 0.0592. The maximum absolute atomic E-state index is 12.2. The zero-order chi connectivity index (χ0) is 13.0. The third-order valence-electron chi connectivity index (χ3n) is 2.73. The molecule has 1 aliphatic rings. The predicted octanol–water partition coefficient (Wildman–Crippen LogP) is 1.64. The topological polar surface area (TPSA) is 47.6 Å². The minimum atomic E-state index is -0.243. The van der Waals surface area contributed by atoms with Gasteiger partial charge in [0.25, 0.3) is 0 Å². The summed E-state index contributed by atoms with van der Waals surface area (Å²) in [6, 6.07) is 7.06. The lowest BCUT2D eigenvalue weighted by Crippen LogP contribution is -2.46. The molecule has 1 heterocycles. The van der Waals surface area contributed by atoms with Gasteiger partial charge in [0, 0.05) is 12.1 Å². The van der Waals surface area contributed by atoms with Gasteiger partial charge in [-0.25, -0.2) is 0 Å². The van der Waals surface area contributed by atoms with E-state index in [0.29, 0.717) is 18.8 Å². The summed E-state index contributed by atoms with van der Waals surface area (Å²) in [5, 5.41) is 3.16. The average molecular weight is 249 g/mol. The average Bonchev–Trinajstić information content (AvgIpc) is 2.38. The second kappa shape index (κ2) is 5.98. The Morgan fingerprint density at radius 3 is 3.00 bits per heavy atom. The first-order valence-electron chi connectivity index (χ1n) is 6.29. The van der Waals surface area contributed by atoms with Crippen LogP contribution >= 0.6 is 0 Å². The van der Waals surface area contributed by atoms with E-state index in [0.717, 1.165) is 12.3 Å². The number of morpholine rings is 1. The monoisotopic (exact) mass is 249 g/mol. The molecule has 0 radical (unpaired) electrons. The maximum atomic E-state index is 12.2. The predicted molar refractivity (Wildman–Crippen MR) is 69.1 cm³/mol. The summed E-state index contributed by atoms with van der Waals surface area (Å²) in [7, 11) is 0. The number of hydrogen-bond acceptors (Lipinski definition) is 4. The fraction of sp³-hybridized carbons (Fsp3) is 0.500. The lowest BCUT2D eigenvalue weighted by atomic mass is 10.0. The van der Waals surface area contributed by atoms with E-state index in [1.165, 1.54) is 0 Å². The first-order valence-corrected chi connectivity index (χ1v) is 6.29. The molecule has 0 aromatic heterocycles. The van der Waals surface area contributed by atoms with Crippen LogP contribution in [0, 0.1) is 0 Å². The van der Waals surface area contributed by atoms with Crippen LogP contribution in [0.25, 0.3) is 0 Å². The number of hydrogen-bond donors (Lipinski definition) is 1. The van der Waals surface area contributed by atoms with E-state index in [-0.39, 0.29) is 17.9 Å². The number of ketones is 1. The van der Waals surface area contributed by atoms with Crippen LogP contribution in [-0.2, 0) is 4.74 Å². The van der Waals surface area contributed by atoms with Crippen LogP contribution in [-0.4, -0.2) is 37.7 Å². The van der Waals surface area contributed by atoms with Crippen molar-refractivity contribution < 1.29 is 14.3 Å². The van der Waals surface area contributed by atoms with Gasteiger partial charge in [-0.05, 0) is 26.0 Å². The largest absolute Gasteiger partial charge is 0.491 e. The van der Waals surface area contributed by atoms with Crippen LogP contribution < -0.4 is 10.1 Å². The van der Waals surface area contributed by atoms with E-state index in [4.69, 9.17) is 9.47 Å². The van der Waals surface area contributed by atoms with Crippen molar-refractivity contribution in [2.45, 2.75) is 26.0 Å². The maximum Gasteiger partial charge on any atom is 0.182 e. The zero-order valence-electron chi connectivity index (χ0n) is 10.8. The van der Waals surface area contributed by atoms with Gasteiger partial charge in [-0.15, -0.1) is 0 Å². The highest BCUT2D eigenvalue weighted by atomic mass is 16.5. The number of carbonyl (C=O) groups is 1. The summed E-state index contributed by atoms with van der Waals surface area (Å²) < 4.78 is 10.9. The van der Waals surface area contributed by atoms with Crippen LogP contribution in [0.2, 0.25) is 0 Å². The van der Waals surface area contributed by atoms with Crippen molar-refractivity contribution in [3.8, 4) is 5.75 Å². The summed E-state index contributed by atoms with van der Waals surface area (Å²) in [4.78, 5) is 12.2. The van der Waals surface area contributed by atoms with Crippen LogP contribution in [0.5, 0.6) is 5.75 Å². The fourth-order valence-electron chi connectivity index (χ4n) is 1.93. The fourth-order valence-corrected chi connectivity index (χ4v) is 1.93. The van der Waals surface area contributed by atoms with E-state index in [9.17, 15) is 4.79 Å². The van der Waals surface area contributed by atoms with Crippen LogP contribution in [0.15, 0.2) is 24.3 Å². The normalized spacial score (nSPS) is 19.8. The Morgan fingerprint density at radius 1 is 1.50 bits per heavy atom. The summed E-state index contributed by atoms with van der Waals surface area (Å²) in [5.74, 6) is 0.788. The Morgan fingerprint density at radius 2 is 2.33 bits per heavy atom. The lowest BCUT2D eigenvalue weighted by Gasteiger charge is -2.22. The van der Waals surface area contributed by atoms with Gasteiger partial charge in [-0.1, -0.05) is 12.1 Å². The number of ether oxygens (including phenoxy) is 2. The Balaban J connectivity index is 2.09. The summed E-state index contributed by atoms with van der Waals surface area (Å²) >= 11 is 0. The highest BCUT2D eigenvalue weighted by Crippen LogP contribution is 2.16. The molecule has 0 saturated carbocycles. The van der Waals surface area contributed by atoms with Gasteiger partial charge in [0.15, 0.2) is 5.78 Å². The van der Waals surface area contributed by atoms with Crippen molar-refractivity contribution in [1.29, 1.82) is 0 Å². The summed E-state index contributed by atoms with van der Waals surface area (Å²) in [5.41, 5.74) is 0.663. The third kappa shape index (κ3) is 3.31. The molecule has 0 spiro atoms. The van der Waals surface area contributed by atoms with Crippen molar-refractivity contribution in [1.82, 2.24) is 5.32 Å². The molecule has 1 unspecified atom stereocenters. The van der Waals surface area contributed by atoms with Gasteiger partial charge >= 0.3 is 0 Å². The van der Waals surface area contributed by atoms with E-state index in [1.54, 1.807) is 6.07 Å². The Labute approximate surface area is 107 Å². The van der Waals surface area contributed by atoms with Gasteiger partial charge in [-0.3, -0.25) is 4.79 Å². The van der Waals surface area contributed by atoms with Gasteiger partial charge in [0.1, 0.15) is 5.75 Å². The SMILES string of the molecule is CC(C)Oc1cccc(C(=O)C2COCCN2)c1. The number of Topliss-reactive ketones (excluding diaryl/α,β-unsaturated/α-hetero) is 1. The number of rotatable bonds is 4. The Bertz CT molecular complexity index is 411. The molecule has 1 aromatic rings. The zero-order valence-corrected chi connectivity index (χ0v) is 10.8. The molecule has 0 aliphatic carbocycles. The van der Waals surface area contributed by atoms with Gasteiger partial charge in [0.05, 0.1) is 25.4 Å². The minimum Gasteiger partial charge on any atom is -0.491 e. The van der Waals surface area contributed by atoms with E-state index >= 15 is 0 Å². The van der Waals surface area contributed by atoms with Crippen LogP contribution in [0.3, 0.4) is 0 Å². The van der Waals surface area contributed by atoms with Crippen LogP contribution in [0.1, 0.15) is 24.2 Å². The number of carbonyl (C=O) groups excluding carboxylic acids is 1. The lowest BCUT2D eigenvalue weighted by molar-refractivity contribution is 0.0607. The standard InChI is InChI=1S/C14H19NO3/c1-10(2)18-12-5-3-4-11(8-12)14(16)13-9-17-7-6-15-13/h3-5,8,10,13,15H,6-7,9H2,1-2H3. The summed E-state index contributed by atoms with van der Waals surface area (Å²) in [6.45, 7) is 5.75. The molecule has 1 aliphatic heterocycles. The second-order valence-electron chi connectivity index (χ2n) is 4.64. The molecule has 4 nitrogen and oxygen atoms in total. The van der Waals surface area contributed by atoms with Crippen molar-refractivity contribution in [3.63, 3.8) is 0 Å². The molecular formula is C14H19NO3. The molecule has 1 saturated heterocycles. The van der Waals surface area contributed by atoms with Crippen molar-refractivity contribution >= 4 is 5.78 Å². The highest BCUT2D eigenvalue weighted by molar-refractivity contribution is 6.00. The van der Waals surface area contributed by atoms with Crippen molar-refractivity contribution in [3.05, 3.63) is 29.8 Å². The molecule has 4 heteroatoms. The first-order chi connectivity index (χ1) is 8.66. The highest BCUT2D eigenvalue weighted by Gasteiger charge is 2.22.